The van der Waals surface area contributed by atoms with Crippen molar-refractivity contribution in [3.63, 3.8) is 0 Å². The van der Waals surface area contributed by atoms with E-state index in [1.165, 1.54) is 28.8 Å². The molecule has 0 aromatic heterocycles. The molecule has 1 heterocycles. The van der Waals surface area contributed by atoms with Gasteiger partial charge in [-0.1, -0.05) is 48.3 Å². The molecule has 6 nitrogen and oxygen atoms in total. The van der Waals surface area contributed by atoms with E-state index in [1.54, 1.807) is 19.2 Å². The molecule has 2 aromatic carbocycles. The third kappa shape index (κ3) is 5.36. The van der Waals surface area contributed by atoms with Crippen LogP contribution in [0.15, 0.2) is 59.5 Å². The number of para-hydroxylation sites is 1. The Labute approximate surface area is 178 Å². The second-order valence-electron chi connectivity index (χ2n) is 6.25. The van der Waals surface area contributed by atoms with Crippen LogP contribution in [0.1, 0.15) is 12.0 Å². The molecule has 1 fully saturated rings. The summed E-state index contributed by atoms with van der Waals surface area (Å²) >= 11 is 6.55. The molecule has 0 atom stereocenters. The average molecular weight is 429 g/mol. The van der Waals surface area contributed by atoms with Gasteiger partial charge in [0.05, 0.1) is 12.0 Å². The lowest BCUT2D eigenvalue weighted by atomic mass is 10.1. The smallest absolute Gasteiger partial charge is 0.265 e. The number of aromatic hydroxyl groups is 1. The molecule has 1 aliphatic heterocycles. The largest absolute Gasteiger partial charge is 0.508 e. The van der Waals surface area contributed by atoms with Crippen molar-refractivity contribution in [2.24, 2.45) is 0 Å². The van der Waals surface area contributed by atoms with Gasteiger partial charge in [-0.2, -0.15) is 0 Å². The lowest BCUT2D eigenvalue weighted by Crippen LogP contribution is -2.31. The van der Waals surface area contributed by atoms with E-state index in [-0.39, 0.29) is 30.5 Å². The molecule has 0 unspecified atom stereocenters. The summed E-state index contributed by atoms with van der Waals surface area (Å²) in [5, 5.41) is 12.0. The molecule has 2 N–H and O–H groups in total. The minimum atomic E-state index is -0.234. The molecule has 0 aliphatic carbocycles. The minimum absolute atomic E-state index is 0.118. The van der Waals surface area contributed by atoms with Gasteiger partial charge in [-0.05, 0) is 42.3 Å². The summed E-state index contributed by atoms with van der Waals surface area (Å²) in [6.45, 7) is 0.209. The summed E-state index contributed by atoms with van der Waals surface area (Å²) in [5.41, 5.74) is 1.56. The van der Waals surface area contributed by atoms with Crippen LogP contribution in [0.2, 0.25) is 0 Å². The fourth-order valence-electron chi connectivity index (χ4n) is 2.79. The molecule has 150 valence electrons. The van der Waals surface area contributed by atoms with E-state index in [9.17, 15) is 14.7 Å². The van der Waals surface area contributed by atoms with Crippen molar-refractivity contribution in [3.05, 3.63) is 65.1 Å². The minimum Gasteiger partial charge on any atom is -0.508 e. The topological polar surface area (TPSA) is 78.9 Å². The number of nitrogens with zero attached hydrogens (tertiary/aromatic N) is 1. The Hall–Kier alpha value is -2.84. The fourth-order valence-corrected chi connectivity index (χ4v) is 4.07. The molecule has 0 bridgehead atoms. The normalized spacial score (nSPS) is 15.1. The van der Waals surface area contributed by atoms with E-state index in [4.69, 9.17) is 17.0 Å². The maximum Gasteiger partial charge on any atom is 0.265 e. The number of hydrogen-bond acceptors (Lipinski definition) is 6. The van der Waals surface area contributed by atoms with Gasteiger partial charge >= 0.3 is 0 Å². The zero-order chi connectivity index (χ0) is 20.8. The number of benzene rings is 2. The van der Waals surface area contributed by atoms with Crippen LogP contribution in [0.25, 0.3) is 0 Å². The number of thiocarbonyl (C=S) groups is 1. The molecule has 8 heteroatoms. The molecule has 1 saturated heterocycles. The van der Waals surface area contributed by atoms with Crippen LogP contribution in [-0.2, 0) is 16.0 Å². The van der Waals surface area contributed by atoms with E-state index in [1.807, 2.05) is 30.3 Å². The number of methoxy groups -OCH3 is 1. The Morgan fingerprint density at radius 1 is 1.24 bits per heavy atom. The van der Waals surface area contributed by atoms with E-state index < -0.39 is 0 Å². The quantitative estimate of drug-likeness (QED) is 0.398. The van der Waals surface area contributed by atoms with Crippen LogP contribution in [0, 0.1) is 0 Å². The third-order valence-electron chi connectivity index (χ3n) is 4.29. The fraction of sp³-hybridized carbons (Fsp3) is 0.190. The highest BCUT2D eigenvalue weighted by Gasteiger charge is 2.31. The number of nitrogens with one attached hydrogen (secondary N) is 1. The highest BCUT2D eigenvalue weighted by molar-refractivity contribution is 8.26. The number of phenolic OH excluding ortho intramolecular Hbond substituents is 1. The summed E-state index contributed by atoms with van der Waals surface area (Å²) < 4.78 is 5.78. The highest BCUT2D eigenvalue weighted by atomic mass is 32.2. The number of amides is 2. The van der Waals surface area contributed by atoms with Crippen molar-refractivity contribution < 1.29 is 19.4 Å². The molecule has 2 aromatic rings. The number of thioether (sulfide) groups is 1. The lowest BCUT2D eigenvalue weighted by molar-refractivity contribution is -0.122. The Kier molecular flexibility index (Phi) is 6.90. The Bertz CT molecular complexity index is 957. The second-order valence-corrected chi connectivity index (χ2v) is 7.93. The first-order chi connectivity index (χ1) is 14.0. The van der Waals surface area contributed by atoms with Gasteiger partial charge in [-0.3, -0.25) is 14.5 Å². The Balaban J connectivity index is 1.57. The van der Waals surface area contributed by atoms with E-state index in [0.29, 0.717) is 21.3 Å². The van der Waals surface area contributed by atoms with Gasteiger partial charge in [-0.15, -0.1) is 0 Å². The molecule has 1 aliphatic rings. The van der Waals surface area contributed by atoms with Gasteiger partial charge in [0.15, 0.2) is 0 Å². The zero-order valence-electron chi connectivity index (χ0n) is 15.8. The first-order valence-electron chi connectivity index (χ1n) is 8.92. The summed E-state index contributed by atoms with van der Waals surface area (Å²) in [6.07, 6.45) is 2.51. The molecule has 29 heavy (non-hydrogen) atoms. The predicted molar refractivity (Wildman–Crippen MR) is 118 cm³/mol. The van der Waals surface area contributed by atoms with Gasteiger partial charge in [0, 0.05) is 18.7 Å². The van der Waals surface area contributed by atoms with Crippen molar-refractivity contribution >= 4 is 45.8 Å². The number of carbonyl (C=O) groups excluding carboxylic acids is 2. The number of phenols is 1. The van der Waals surface area contributed by atoms with Gasteiger partial charge in [0.25, 0.3) is 5.91 Å². The average Bonchev–Trinajstić information content (AvgIpc) is 2.99. The molecule has 3 rings (SSSR count). The van der Waals surface area contributed by atoms with E-state index >= 15 is 0 Å². The summed E-state index contributed by atoms with van der Waals surface area (Å²) in [5.74, 6) is 0.473. The van der Waals surface area contributed by atoms with Crippen LogP contribution >= 0.6 is 24.0 Å². The summed E-state index contributed by atoms with van der Waals surface area (Å²) in [6, 6.07) is 13.8. The second kappa shape index (κ2) is 9.58. The first-order valence-corrected chi connectivity index (χ1v) is 10.1. The maximum atomic E-state index is 12.7. The van der Waals surface area contributed by atoms with Crippen LogP contribution < -0.4 is 10.1 Å². The summed E-state index contributed by atoms with van der Waals surface area (Å²) in [4.78, 5) is 26.8. The van der Waals surface area contributed by atoms with Crippen molar-refractivity contribution in [2.45, 2.75) is 12.8 Å². The standard InChI is InChI=1S/C21H20N2O4S2/c1-27-17-5-3-2-4-14(17)6-11-18-20(26)23(21(28)29-18)13-12-19(25)22-15-7-9-16(24)10-8-15/h2-5,7-11,24H,6,12-13H2,1H3,(H,22,25)/b18-11-. The number of hydrogen-bond donors (Lipinski definition) is 2. The SMILES string of the molecule is COc1ccccc1C/C=C1\SC(=S)N(CCC(=O)Nc2ccc(O)cc2)C1=O. The van der Waals surface area contributed by atoms with Gasteiger partial charge in [0.2, 0.25) is 5.91 Å². The molecule has 0 saturated carbocycles. The molecular formula is C21H20N2O4S2. The summed E-state index contributed by atoms with van der Waals surface area (Å²) in [7, 11) is 1.61. The van der Waals surface area contributed by atoms with E-state index in [0.717, 1.165) is 11.3 Å². The van der Waals surface area contributed by atoms with Crippen molar-refractivity contribution in [1.82, 2.24) is 4.90 Å². The molecule has 0 spiro atoms. The van der Waals surface area contributed by atoms with Crippen LogP contribution in [-0.4, -0.2) is 39.8 Å². The Morgan fingerprint density at radius 3 is 2.69 bits per heavy atom. The number of carbonyl (C=O) groups is 2. The van der Waals surface area contributed by atoms with Crippen molar-refractivity contribution in [3.8, 4) is 11.5 Å². The van der Waals surface area contributed by atoms with Crippen LogP contribution in [0.4, 0.5) is 5.69 Å². The maximum absolute atomic E-state index is 12.7. The molecular weight excluding hydrogens is 408 g/mol. The van der Waals surface area contributed by atoms with E-state index in [2.05, 4.69) is 5.32 Å². The van der Waals surface area contributed by atoms with Gasteiger partial charge < -0.3 is 15.2 Å². The number of allylic oxidation sites excluding steroid dienone is 1. The Morgan fingerprint density at radius 2 is 1.97 bits per heavy atom. The van der Waals surface area contributed by atoms with Crippen LogP contribution in [0.5, 0.6) is 11.5 Å². The number of anilines is 1. The zero-order valence-corrected chi connectivity index (χ0v) is 17.4. The van der Waals surface area contributed by atoms with Gasteiger partial charge in [-0.25, -0.2) is 0 Å². The van der Waals surface area contributed by atoms with Crippen molar-refractivity contribution in [1.29, 1.82) is 0 Å². The third-order valence-corrected chi connectivity index (χ3v) is 5.71. The molecule has 2 amide bonds. The lowest BCUT2D eigenvalue weighted by Gasteiger charge is -2.14. The first kappa shape index (κ1) is 20.9. The highest BCUT2D eigenvalue weighted by Crippen LogP contribution is 2.32. The predicted octanol–water partition coefficient (Wildman–Crippen LogP) is 3.72. The van der Waals surface area contributed by atoms with Crippen LogP contribution in [0.3, 0.4) is 0 Å². The number of rotatable bonds is 7. The number of ether oxygens (including phenoxy) is 1. The van der Waals surface area contributed by atoms with Crippen molar-refractivity contribution in [2.75, 3.05) is 19.0 Å². The monoisotopic (exact) mass is 428 g/mol. The van der Waals surface area contributed by atoms with Gasteiger partial charge in [0.1, 0.15) is 15.8 Å². The molecule has 0 radical (unpaired) electrons.